The molecule has 9 nitrogen and oxygen atoms in total. The van der Waals surface area contributed by atoms with Crippen LogP contribution in [-0.4, -0.2) is 33.8 Å². The molecule has 0 aliphatic rings. The van der Waals surface area contributed by atoms with Gasteiger partial charge in [0.2, 0.25) is 5.91 Å². The fourth-order valence-corrected chi connectivity index (χ4v) is 2.78. The molecule has 1 aromatic carbocycles. The lowest BCUT2D eigenvalue weighted by atomic mass is 10.1. The van der Waals surface area contributed by atoms with E-state index in [-0.39, 0.29) is 41.9 Å². The molecule has 1 atom stereocenters. The quantitative estimate of drug-likeness (QED) is 0.497. The third kappa shape index (κ3) is 5.39. The molecule has 2 aromatic rings. The van der Waals surface area contributed by atoms with E-state index in [4.69, 9.17) is 4.74 Å². The number of aryl methyl sites for hydroxylation is 1. The Balaban J connectivity index is 2.12. The Morgan fingerprint density at radius 2 is 2.03 bits per heavy atom. The van der Waals surface area contributed by atoms with Gasteiger partial charge in [-0.25, -0.2) is 0 Å². The first kappa shape index (κ1) is 22.1. The maximum Gasteiger partial charge on any atom is 0.387 e. The number of nitrogens with zero attached hydrogens (tertiary/aromatic N) is 3. The first-order valence-electron chi connectivity index (χ1n) is 8.84. The van der Waals surface area contributed by atoms with E-state index in [1.807, 2.05) is 0 Å². The molecule has 0 fully saturated rings. The number of hydrogen-bond donors (Lipinski definition) is 1. The average Bonchev–Trinajstić information content (AvgIpc) is 2.90. The number of nitro groups is 1. The fraction of sp³-hybridized carbons (Fsp3) is 0.444. The van der Waals surface area contributed by atoms with Crippen LogP contribution in [0.4, 0.5) is 20.2 Å². The summed E-state index contributed by atoms with van der Waals surface area (Å²) in [5, 5.41) is 17.9. The van der Waals surface area contributed by atoms with Gasteiger partial charge in [-0.05, 0) is 32.9 Å². The lowest BCUT2D eigenvalue weighted by Gasteiger charge is -2.15. The van der Waals surface area contributed by atoms with E-state index in [2.05, 4.69) is 15.2 Å². The lowest BCUT2D eigenvalue weighted by molar-refractivity contribution is -0.386. The maximum absolute atomic E-state index is 12.5. The Labute approximate surface area is 165 Å². The number of halogens is 2. The summed E-state index contributed by atoms with van der Waals surface area (Å²) in [5.41, 5.74) is 0.898. The molecule has 0 radical (unpaired) electrons. The molecule has 0 aliphatic carbocycles. The molecule has 158 valence electrons. The van der Waals surface area contributed by atoms with E-state index in [9.17, 15) is 23.7 Å². The number of aromatic nitrogens is 2. The van der Waals surface area contributed by atoms with Crippen molar-refractivity contribution in [1.29, 1.82) is 0 Å². The van der Waals surface area contributed by atoms with Crippen LogP contribution in [0.25, 0.3) is 0 Å². The van der Waals surface area contributed by atoms with Gasteiger partial charge in [0.25, 0.3) is 0 Å². The second-order valence-corrected chi connectivity index (χ2v) is 6.32. The molecule has 11 heteroatoms. The Bertz CT molecular complexity index is 901. The fourth-order valence-electron chi connectivity index (χ4n) is 2.78. The van der Waals surface area contributed by atoms with Crippen molar-refractivity contribution in [2.45, 2.75) is 40.9 Å². The number of benzene rings is 1. The Hall–Kier alpha value is -3.24. The van der Waals surface area contributed by atoms with E-state index in [0.717, 1.165) is 0 Å². The van der Waals surface area contributed by atoms with E-state index >= 15 is 0 Å². The smallest absolute Gasteiger partial charge is 0.387 e. The summed E-state index contributed by atoms with van der Waals surface area (Å²) in [4.78, 5) is 23.1. The molecule has 2 rings (SSSR count). The minimum atomic E-state index is -3.00. The van der Waals surface area contributed by atoms with Crippen LogP contribution >= 0.6 is 0 Å². The summed E-state index contributed by atoms with van der Waals surface area (Å²) in [6.45, 7) is 3.80. The third-order valence-corrected chi connectivity index (χ3v) is 4.15. The van der Waals surface area contributed by atoms with Crippen molar-refractivity contribution in [2.24, 2.45) is 5.92 Å². The van der Waals surface area contributed by atoms with Gasteiger partial charge in [-0.1, -0.05) is 6.92 Å². The molecule has 0 saturated heterocycles. The summed E-state index contributed by atoms with van der Waals surface area (Å²) in [6, 6.07) is 4.08. The van der Waals surface area contributed by atoms with Crippen molar-refractivity contribution in [3.05, 3.63) is 39.7 Å². The number of nitrogens with one attached hydrogen (secondary N) is 1. The zero-order valence-electron chi connectivity index (χ0n) is 16.4. The van der Waals surface area contributed by atoms with Gasteiger partial charge in [0, 0.05) is 11.8 Å². The SMILES string of the molecule is CCOc1cc(NC(=O)C(C)Cn2nc(C)c([N+](=O)[O-])c2C)ccc1OC(F)F. The molecule has 1 N–H and O–H groups in total. The predicted molar refractivity (Wildman–Crippen MR) is 100 cm³/mol. The second kappa shape index (κ2) is 9.30. The minimum absolute atomic E-state index is 0.0754. The van der Waals surface area contributed by atoms with Crippen LogP contribution in [0.1, 0.15) is 25.2 Å². The number of anilines is 1. The molecule has 1 heterocycles. The monoisotopic (exact) mass is 412 g/mol. The molecule has 0 spiro atoms. The highest BCUT2D eigenvalue weighted by Gasteiger charge is 2.24. The number of ether oxygens (including phenoxy) is 2. The van der Waals surface area contributed by atoms with Gasteiger partial charge < -0.3 is 14.8 Å². The van der Waals surface area contributed by atoms with E-state index in [1.54, 1.807) is 20.8 Å². The van der Waals surface area contributed by atoms with Gasteiger partial charge in [-0.2, -0.15) is 13.9 Å². The van der Waals surface area contributed by atoms with Crippen LogP contribution in [0.3, 0.4) is 0 Å². The third-order valence-electron chi connectivity index (χ3n) is 4.15. The van der Waals surface area contributed by atoms with Crippen molar-refractivity contribution in [3.8, 4) is 11.5 Å². The van der Waals surface area contributed by atoms with Crippen molar-refractivity contribution < 1.29 is 28.0 Å². The number of alkyl halides is 2. The van der Waals surface area contributed by atoms with Crippen LogP contribution < -0.4 is 14.8 Å². The first-order chi connectivity index (χ1) is 13.6. The number of hydrogen-bond acceptors (Lipinski definition) is 6. The van der Waals surface area contributed by atoms with E-state index in [1.165, 1.54) is 29.8 Å². The largest absolute Gasteiger partial charge is 0.490 e. The second-order valence-electron chi connectivity index (χ2n) is 6.32. The molecule has 29 heavy (non-hydrogen) atoms. The maximum atomic E-state index is 12.5. The molecule has 1 amide bonds. The zero-order valence-corrected chi connectivity index (χ0v) is 16.4. The van der Waals surface area contributed by atoms with E-state index in [0.29, 0.717) is 11.4 Å². The predicted octanol–water partition coefficient (Wildman–Crippen LogP) is 3.68. The number of carbonyl (C=O) groups excluding carboxylic acids is 1. The number of rotatable bonds is 9. The first-order valence-corrected chi connectivity index (χ1v) is 8.84. The summed E-state index contributed by atoms with van der Waals surface area (Å²) in [6.07, 6.45) is 0. The molecule has 0 bridgehead atoms. The average molecular weight is 412 g/mol. The van der Waals surface area contributed by atoms with Gasteiger partial charge in [-0.3, -0.25) is 19.6 Å². The van der Waals surface area contributed by atoms with Crippen LogP contribution in [-0.2, 0) is 11.3 Å². The zero-order chi connectivity index (χ0) is 21.7. The van der Waals surface area contributed by atoms with Crippen molar-refractivity contribution >= 4 is 17.3 Å². The molecule has 1 aromatic heterocycles. The summed E-state index contributed by atoms with van der Waals surface area (Å²) in [7, 11) is 0. The number of amides is 1. The molecular formula is C18H22F2N4O5. The molecule has 0 saturated carbocycles. The Morgan fingerprint density at radius 3 is 2.59 bits per heavy atom. The topological polar surface area (TPSA) is 109 Å². The van der Waals surface area contributed by atoms with Crippen molar-refractivity contribution in [1.82, 2.24) is 9.78 Å². The minimum Gasteiger partial charge on any atom is -0.490 e. The molecule has 0 aliphatic heterocycles. The highest BCUT2D eigenvalue weighted by Crippen LogP contribution is 2.32. The summed E-state index contributed by atoms with van der Waals surface area (Å²) in [5.74, 6) is -0.999. The van der Waals surface area contributed by atoms with Gasteiger partial charge in [0.1, 0.15) is 11.4 Å². The van der Waals surface area contributed by atoms with Crippen LogP contribution in [0.2, 0.25) is 0 Å². The normalized spacial score (nSPS) is 12.0. The van der Waals surface area contributed by atoms with Gasteiger partial charge in [0.15, 0.2) is 11.5 Å². The van der Waals surface area contributed by atoms with Gasteiger partial charge >= 0.3 is 12.3 Å². The Morgan fingerprint density at radius 1 is 1.34 bits per heavy atom. The van der Waals surface area contributed by atoms with Gasteiger partial charge in [0.05, 0.1) is 24.0 Å². The summed E-state index contributed by atoms with van der Waals surface area (Å²) >= 11 is 0. The van der Waals surface area contributed by atoms with Crippen molar-refractivity contribution in [2.75, 3.05) is 11.9 Å². The summed E-state index contributed by atoms with van der Waals surface area (Å²) < 4.78 is 36.1. The highest BCUT2D eigenvalue weighted by atomic mass is 19.3. The standard InChI is InChI=1S/C18H22F2N4O5/c1-5-28-15-8-13(6-7-14(15)29-18(19)20)21-17(25)10(2)9-23-12(4)16(24(26)27)11(3)22-23/h6-8,10,18H,5,9H2,1-4H3,(H,21,25). The molecule has 1 unspecified atom stereocenters. The van der Waals surface area contributed by atoms with Crippen LogP contribution in [0, 0.1) is 29.9 Å². The van der Waals surface area contributed by atoms with Crippen molar-refractivity contribution in [3.63, 3.8) is 0 Å². The van der Waals surface area contributed by atoms with Gasteiger partial charge in [-0.15, -0.1) is 0 Å². The van der Waals surface area contributed by atoms with Crippen LogP contribution in [0.15, 0.2) is 18.2 Å². The lowest BCUT2D eigenvalue weighted by Crippen LogP contribution is -2.25. The molecular weight excluding hydrogens is 390 g/mol. The Kier molecular flexibility index (Phi) is 7.08. The number of carbonyl (C=O) groups is 1. The van der Waals surface area contributed by atoms with Crippen LogP contribution in [0.5, 0.6) is 11.5 Å². The highest BCUT2D eigenvalue weighted by molar-refractivity contribution is 5.92. The van der Waals surface area contributed by atoms with E-state index < -0.39 is 17.5 Å².